The average Bonchev–Trinajstić information content (AvgIpc) is 2.64. The van der Waals surface area contributed by atoms with E-state index in [4.69, 9.17) is 22.2 Å². The van der Waals surface area contributed by atoms with Crippen LogP contribution in [-0.2, 0) is 0 Å². The number of amides is 1. The number of carbonyl (C=O) groups is 1. The van der Waals surface area contributed by atoms with Gasteiger partial charge in [-0.2, -0.15) is 5.26 Å². The fourth-order valence-electron chi connectivity index (χ4n) is 2.49. The van der Waals surface area contributed by atoms with E-state index in [0.717, 1.165) is 4.68 Å². The number of pyridine rings is 1. The number of aromatic nitrogens is 1. The van der Waals surface area contributed by atoms with Crippen molar-refractivity contribution in [2.45, 2.75) is 27.7 Å². The molecule has 2 aromatic rings. The summed E-state index contributed by atoms with van der Waals surface area (Å²) in [5.74, 6) is 0.572. The van der Waals surface area contributed by atoms with Crippen LogP contribution in [0.1, 0.15) is 41.0 Å². The van der Waals surface area contributed by atoms with Gasteiger partial charge in [0.15, 0.2) is 5.11 Å². The van der Waals surface area contributed by atoms with Crippen LogP contribution in [0.2, 0.25) is 0 Å². The number of nitrogens with zero attached hydrogens (tertiary/aromatic N) is 2. The minimum absolute atomic E-state index is 0.0122. The first-order valence-electron chi connectivity index (χ1n) is 8.82. The van der Waals surface area contributed by atoms with Crippen LogP contribution < -0.4 is 21.0 Å². The summed E-state index contributed by atoms with van der Waals surface area (Å²) in [4.78, 5) is 24.9. The third-order valence-electron chi connectivity index (χ3n) is 3.91. The smallest absolute Gasteiger partial charge is 0.287 e. The summed E-state index contributed by atoms with van der Waals surface area (Å²) >= 11 is 8.55. The van der Waals surface area contributed by atoms with Gasteiger partial charge in [-0.25, -0.2) is 4.68 Å². The number of rotatable bonds is 5. The lowest BCUT2D eigenvalue weighted by Gasteiger charge is -2.15. The van der Waals surface area contributed by atoms with Gasteiger partial charge in [0.2, 0.25) is 0 Å². The van der Waals surface area contributed by atoms with E-state index < -0.39 is 11.5 Å². The number of nitriles is 1. The summed E-state index contributed by atoms with van der Waals surface area (Å²) in [7, 11) is 0. The zero-order valence-electron chi connectivity index (χ0n) is 16.5. The SMILES string of the molecule is Cc1cc(C)n(NC(=S)NC(=O)c2ccc(OCC(C)C)c(Br)c2)c(=O)c1C#N. The van der Waals surface area contributed by atoms with E-state index >= 15 is 0 Å². The Kier molecular flexibility index (Phi) is 7.53. The van der Waals surface area contributed by atoms with E-state index in [1.54, 1.807) is 38.1 Å². The van der Waals surface area contributed by atoms with Crippen molar-refractivity contribution in [3.63, 3.8) is 0 Å². The number of halogens is 1. The molecule has 0 saturated carbocycles. The molecule has 0 saturated heterocycles. The predicted molar refractivity (Wildman–Crippen MR) is 119 cm³/mol. The lowest BCUT2D eigenvalue weighted by molar-refractivity contribution is 0.0977. The van der Waals surface area contributed by atoms with Crippen LogP contribution in [0.15, 0.2) is 33.5 Å². The number of aryl methyl sites for hydroxylation is 2. The van der Waals surface area contributed by atoms with E-state index in [1.807, 2.05) is 19.9 Å². The highest BCUT2D eigenvalue weighted by Crippen LogP contribution is 2.26. The molecule has 29 heavy (non-hydrogen) atoms. The molecule has 2 rings (SSSR count). The molecule has 0 unspecified atom stereocenters. The Labute approximate surface area is 182 Å². The monoisotopic (exact) mass is 476 g/mol. The molecule has 7 nitrogen and oxygen atoms in total. The first kappa shape index (κ1) is 22.6. The zero-order chi connectivity index (χ0) is 21.7. The summed E-state index contributed by atoms with van der Waals surface area (Å²) < 4.78 is 7.45. The Morgan fingerprint density at radius 1 is 1.34 bits per heavy atom. The Bertz CT molecular complexity index is 1060. The van der Waals surface area contributed by atoms with Crippen molar-refractivity contribution in [2.75, 3.05) is 12.0 Å². The minimum atomic E-state index is -0.531. The van der Waals surface area contributed by atoms with Crippen molar-refractivity contribution in [2.24, 2.45) is 5.92 Å². The molecule has 1 heterocycles. The molecule has 0 aliphatic carbocycles. The maximum Gasteiger partial charge on any atom is 0.287 e. The fraction of sp³-hybridized carbons (Fsp3) is 0.300. The molecule has 1 amide bonds. The van der Waals surface area contributed by atoms with Crippen molar-refractivity contribution in [1.82, 2.24) is 9.99 Å². The molecule has 0 aliphatic rings. The topological polar surface area (TPSA) is 96.2 Å². The van der Waals surface area contributed by atoms with Gasteiger partial charge in [-0.3, -0.25) is 20.3 Å². The largest absolute Gasteiger partial charge is 0.492 e. The van der Waals surface area contributed by atoms with Gasteiger partial charge in [0.25, 0.3) is 11.5 Å². The lowest BCUT2D eigenvalue weighted by atomic mass is 10.1. The van der Waals surface area contributed by atoms with E-state index in [1.165, 1.54) is 0 Å². The van der Waals surface area contributed by atoms with Gasteiger partial charge in [0, 0.05) is 11.3 Å². The highest BCUT2D eigenvalue weighted by atomic mass is 79.9. The van der Waals surface area contributed by atoms with E-state index in [2.05, 4.69) is 26.7 Å². The number of nitrogens with one attached hydrogen (secondary N) is 2. The van der Waals surface area contributed by atoms with Crippen LogP contribution in [0.25, 0.3) is 0 Å². The standard InChI is InChI=1S/C20H21BrN4O3S/c1-11(2)10-28-17-6-5-14(8-16(17)21)18(26)23-20(29)24-25-13(4)7-12(3)15(9-22)19(25)27/h5-8,11H,10H2,1-4H3,(H2,23,24,26,29). The minimum Gasteiger partial charge on any atom is -0.492 e. The van der Waals surface area contributed by atoms with Gasteiger partial charge in [-0.15, -0.1) is 0 Å². The highest BCUT2D eigenvalue weighted by molar-refractivity contribution is 9.10. The molecule has 0 bridgehead atoms. The Balaban J connectivity index is 2.12. The van der Waals surface area contributed by atoms with Gasteiger partial charge in [0.05, 0.1) is 11.1 Å². The lowest BCUT2D eigenvalue weighted by Crippen LogP contribution is -2.43. The summed E-state index contributed by atoms with van der Waals surface area (Å²) in [6, 6.07) is 8.51. The molecule has 0 atom stereocenters. The molecule has 0 fully saturated rings. The van der Waals surface area contributed by atoms with E-state index in [9.17, 15) is 9.59 Å². The maximum atomic E-state index is 12.5. The van der Waals surface area contributed by atoms with Gasteiger partial charge < -0.3 is 4.74 Å². The number of thiocarbonyl (C=S) groups is 1. The molecule has 9 heteroatoms. The molecule has 0 spiro atoms. The normalized spacial score (nSPS) is 10.4. The van der Waals surface area contributed by atoms with Crippen LogP contribution in [0, 0.1) is 31.1 Å². The first-order chi connectivity index (χ1) is 13.6. The van der Waals surface area contributed by atoms with Crippen LogP contribution in [0.3, 0.4) is 0 Å². The average molecular weight is 477 g/mol. The quantitative estimate of drug-likeness (QED) is 0.641. The van der Waals surface area contributed by atoms with Crippen LogP contribution in [0.4, 0.5) is 0 Å². The third kappa shape index (κ3) is 5.65. The van der Waals surface area contributed by atoms with E-state index in [-0.39, 0.29) is 10.7 Å². The van der Waals surface area contributed by atoms with Crippen molar-refractivity contribution in [1.29, 1.82) is 5.26 Å². The fourth-order valence-corrected chi connectivity index (χ4v) is 3.16. The van der Waals surface area contributed by atoms with E-state index in [0.29, 0.717) is 39.6 Å². The predicted octanol–water partition coefficient (Wildman–Crippen LogP) is 3.39. The van der Waals surface area contributed by atoms with Crippen LogP contribution in [0.5, 0.6) is 5.75 Å². The van der Waals surface area contributed by atoms with Gasteiger partial charge in [0.1, 0.15) is 17.4 Å². The number of hydrogen-bond donors (Lipinski definition) is 2. The number of carbonyl (C=O) groups excluding carboxylic acids is 1. The Morgan fingerprint density at radius 2 is 2.03 bits per heavy atom. The van der Waals surface area contributed by atoms with Crippen molar-refractivity contribution in [3.05, 3.63) is 61.5 Å². The van der Waals surface area contributed by atoms with Crippen molar-refractivity contribution < 1.29 is 9.53 Å². The molecule has 1 aromatic carbocycles. The zero-order valence-corrected chi connectivity index (χ0v) is 18.9. The Morgan fingerprint density at radius 3 is 2.62 bits per heavy atom. The summed E-state index contributed by atoms with van der Waals surface area (Å²) in [6.45, 7) is 8.03. The third-order valence-corrected chi connectivity index (χ3v) is 4.72. The maximum absolute atomic E-state index is 12.5. The molecular formula is C20H21BrN4O3S. The Hall–Kier alpha value is -2.70. The molecule has 0 aliphatic heterocycles. The molecular weight excluding hydrogens is 456 g/mol. The van der Waals surface area contributed by atoms with Crippen molar-refractivity contribution in [3.8, 4) is 11.8 Å². The first-order valence-corrected chi connectivity index (χ1v) is 10.0. The van der Waals surface area contributed by atoms with Crippen LogP contribution in [-0.4, -0.2) is 22.3 Å². The molecule has 152 valence electrons. The number of benzene rings is 1. The summed E-state index contributed by atoms with van der Waals surface area (Å²) in [5, 5.41) is 11.6. The molecule has 0 radical (unpaired) electrons. The highest BCUT2D eigenvalue weighted by Gasteiger charge is 2.14. The second-order valence-corrected chi connectivity index (χ2v) is 8.10. The van der Waals surface area contributed by atoms with Crippen molar-refractivity contribution >= 4 is 39.2 Å². The van der Waals surface area contributed by atoms with Crippen LogP contribution >= 0.6 is 28.1 Å². The summed E-state index contributed by atoms with van der Waals surface area (Å²) in [5.41, 5.74) is 3.63. The second kappa shape index (κ2) is 9.67. The van der Waals surface area contributed by atoms with Gasteiger partial charge in [-0.05, 0) is 77.7 Å². The molecule has 2 N–H and O–H groups in total. The van der Waals surface area contributed by atoms with Gasteiger partial charge >= 0.3 is 0 Å². The number of hydrogen-bond acceptors (Lipinski definition) is 5. The van der Waals surface area contributed by atoms with Gasteiger partial charge in [-0.1, -0.05) is 13.8 Å². The summed E-state index contributed by atoms with van der Waals surface area (Å²) in [6.07, 6.45) is 0. The number of ether oxygens (including phenoxy) is 1. The molecule has 1 aromatic heterocycles. The second-order valence-electron chi connectivity index (χ2n) is 6.84.